The summed E-state index contributed by atoms with van der Waals surface area (Å²) < 4.78 is 1.34. The average Bonchev–Trinajstić information content (AvgIpc) is 2.32. The minimum absolute atomic E-state index is 0.249. The van der Waals surface area contributed by atoms with Crippen molar-refractivity contribution >= 4 is 47.6 Å². The van der Waals surface area contributed by atoms with Gasteiger partial charge in [0.05, 0.1) is 10.8 Å². The number of urea groups is 1. The van der Waals surface area contributed by atoms with Gasteiger partial charge in [-0.1, -0.05) is 19.7 Å². The highest BCUT2D eigenvalue weighted by atomic mass is 32.1. The number of nitrogens with zero attached hydrogens (tertiary/aromatic N) is 2. The lowest BCUT2D eigenvalue weighted by atomic mass is 10.3. The van der Waals surface area contributed by atoms with Crippen molar-refractivity contribution < 1.29 is 4.79 Å². The van der Waals surface area contributed by atoms with E-state index in [1.165, 1.54) is 4.31 Å². The van der Waals surface area contributed by atoms with Gasteiger partial charge in [0.1, 0.15) is 0 Å². The average molecular weight is 267 g/mol. The van der Waals surface area contributed by atoms with Crippen molar-refractivity contribution in [2.45, 2.75) is 13.3 Å². The number of benzene rings is 1. The van der Waals surface area contributed by atoms with Crippen LogP contribution in [0.4, 0.5) is 16.2 Å². The van der Waals surface area contributed by atoms with E-state index in [1.807, 2.05) is 6.92 Å². The van der Waals surface area contributed by atoms with Gasteiger partial charge in [0.25, 0.3) is 0 Å². The van der Waals surface area contributed by atoms with Gasteiger partial charge in [-0.15, -0.1) is 0 Å². The van der Waals surface area contributed by atoms with Crippen molar-refractivity contribution in [3.05, 3.63) is 24.3 Å². The number of isothiocyanates is 1. The Bertz CT molecular complexity index is 427. The monoisotopic (exact) mass is 267 g/mol. The van der Waals surface area contributed by atoms with Crippen LogP contribution >= 0.6 is 25.0 Å². The fourth-order valence-corrected chi connectivity index (χ4v) is 1.53. The van der Waals surface area contributed by atoms with E-state index in [0.717, 1.165) is 6.42 Å². The predicted molar refractivity (Wildman–Crippen MR) is 76.1 cm³/mol. The van der Waals surface area contributed by atoms with Gasteiger partial charge in [-0.3, -0.25) is 4.31 Å². The quantitative estimate of drug-likeness (QED) is 0.498. The van der Waals surface area contributed by atoms with Crippen molar-refractivity contribution in [3.8, 4) is 0 Å². The molecular weight excluding hydrogens is 254 g/mol. The van der Waals surface area contributed by atoms with Crippen LogP contribution in [-0.2, 0) is 0 Å². The van der Waals surface area contributed by atoms with Crippen molar-refractivity contribution in [3.63, 3.8) is 0 Å². The van der Waals surface area contributed by atoms with Gasteiger partial charge in [-0.25, -0.2) is 4.79 Å². The Morgan fingerprint density at radius 2 is 2.18 bits per heavy atom. The third-order valence-corrected chi connectivity index (χ3v) is 2.44. The van der Waals surface area contributed by atoms with E-state index in [2.05, 4.69) is 40.5 Å². The van der Waals surface area contributed by atoms with Crippen LogP contribution in [0.3, 0.4) is 0 Å². The maximum absolute atomic E-state index is 11.6. The normalized spacial score (nSPS) is 9.29. The lowest BCUT2D eigenvalue weighted by Crippen LogP contribution is -2.27. The number of aliphatic imine (C=N–C) groups is 1. The summed E-state index contributed by atoms with van der Waals surface area (Å²) in [4.78, 5) is 15.4. The van der Waals surface area contributed by atoms with Crippen LogP contribution in [0, 0.1) is 0 Å². The molecule has 1 N–H and O–H groups in total. The number of carbonyl (C=O) groups excluding carboxylic acids is 1. The lowest BCUT2D eigenvalue weighted by molar-refractivity contribution is 0.239. The minimum Gasteiger partial charge on any atom is -0.307 e. The molecule has 0 aliphatic heterocycles. The zero-order chi connectivity index (χ0) is 12.7. The molecule has 2 amide bonds. The Hall–Kier alpha value is -1.36. The summed E-state index contributed by atoms with van der Waals surface area (Å²) in [5.74, 6) is 0. The molecule has 1 aromatic carbocycles. The molecule has 4 nitrogen and oxygen atoms in total. The van der Waals surface area contributed by atoms with Crippen LogP contribution in [-0.4, -0.2) is 22.0 Å². The second kappa shape index (κ2) is 7.06. The van der Waals surface area contributed by atoms with Gasteiger partial charge in [-0.2, -0.15) is 4.99 Å². The number of amides is 2. The molecule has 6 heteroatoms. The van der Waals surface area contributed by atoms with Crippen LogP contribution in [0.25, 0.3) is 0 Å². The van der Waals surface area contributed by atoms with Crippen molar-refractivity contribution in [2.75, 3.05) is 11.9 Å². The molecule has 0 aliphatic carbocycles. The first kappa shape index (κ1) is 13.7. The van der Waals surface area contributed by atoms with Crippen molar-refractivity contribution in [2.24, 2.45) is 4.99 Å². The Balaban J connectivity index is 2.62. The SMILES string of the molecule is CCCN(S)C(=O)Nc1ccc(N=C=S)cc1. The molecule has 0 atom stereocenters. The van der Waals surface area contributed by atoms with E-state index in [1.54, 1.807) is 24.3 Å². The molecule has 90 valence electrons. The lowest BCUT2D eigenvalue weighted by Gasteiger charge is -2.15. The van der Waals surface area contributed by atoms with Gasteiger partial charge >= 0.3 is 6.03 Å². The summed E-state index contributed by atoms with van der Waals surface area (Å²) in [7, 11) is 0. The Morgan fingerprint density at radius 1 is 1.53 bits per heavy atom. The molecule has 0 radical (unpaired) electrons. The summed E-state index contributed by atoms with van der Waals surface area (Å²) in [6.07, 6.45) is 0.860. The van der Waals surface area contributed by atoms with E-state index in [9.17, 15) is 4.79 Å². The fourth-order valence-electron chi connectivity index (χ4n) is 1.17. The standard InChI is InChI=1S/C11H13N3OS2/c1-2-7-14(17)11(15)13-10-5-3-9(4-6-10)12-8-16/h3-6,17H,2,7H2,1H3,(H,13,15). The van der Waals surface area contributed by atoms with E-state index in [-0.39, 0.29) is 6.03 Å². The maximum Gasteiger partial charge on any atom is 0.331 e. The largest absolute Gasteiger partial charge is 0.331 e. The number of rotatable bonds is 4. The van der Waals surface area contributed by atoms with Crippen molar-refractivity contribution in [1.29, 1.82) is 0 Å². The van der Waals surface area contributed by atoms with E-state index in [4.69, 9.17) is 0 Å². The number of anilines is 1. The van der Waals surface area contributed by atoms with Gasteiger partial charge in [0.2, 0.25) is 0 Å². The number of thiol groups is 1. The number of hydrogen-bond acceptors (Lipinski definition) is 4. The molecule has 17 heavy (non-hydrogen) atoms. The topological polar surface area (TPSA) is 44.7 Å². The summed E-state index contributed by atoms with van der Waals surface area (Å²) in [5.41, 5.74) is 1.39. The summed E-state index contributed by atoms with van der Waals surface area (Å²) >= 11 is 8.57. The highest BCUT2D eigenvalue weighted by Gasteiger charge is 2.07. The molecule has 0 saturated heterocycles. The van der Waals surface area contributed by atoms with Crippen LogP contribution in [0.5, 0.6) is 0 Å². The number of hydrogen-bond donors (Lipinski definition) is 2. The van der Waals surface area contributed by atoms with Gasteiger partial charge in [0, 0.05) is 12.2 Å². The van der Waals surface area contributed by atoms with Crippen LogP contribution in [0.15, 0.2) is 29.3 Å². The molecule has 0 heterocycles. The first-order chi connectivity index (χ1) is 8.17. The van der Waals surface area contributed by atoms with Crippen molar-refractivity contribution in [1.82, 2.24) is 4.31 Å². The van der Waals surface area contributed by atoms with E-state index < -0.39 is 0 Å². The third-order valence-electron chi connectivity index (χ3n) is 1.96. The van der Waals surface area contributed by atoms with Gasteiger partial charge in [0.15, 0.2) is 0 Å². The highest BCUT2D eigenvalue weighted by Crippen LogP contribution is 2.16. The number of nitrogens with one attached hydrogen (secondary N) is 1. The zero-order valence-corrected chi connectivity index (χ0v) is 11.1. The molecular formula is C11H13N3OS2. The molecule has 1 rings (SSSR count). The van der Waals surface area contributed by atoms with Crippen LogP contribution in [0.1, 0.15) is 13.3 Å². The number of carbonyl (C=O) groups is 1. The fraction of sp³-hybridized carbons (Fsp3) is 0.273. The first-order valence-electron chi connectivity index (χ1n) is 5.12. The Labute approximate surface area is 111 Å². The predicted octanol–water partition coefficient (Wildman–Crippen LogP) is 3.51. The van der Waals surface area contributed by atoms with E-state index in [0.29, 0.717) is 17.9 Å². The Kier molecular flexibility index (Phi) is 5.69. The summed E-state index contributed by atoms with van der Waals surface area (Å²) in [6, 6.07) is 6.74. The molecule has 0 aliphatic rings. The molecule has 0 spiro atoms. The number of thiocarbonyl (C=S) groups is 1. The zero-order valence-electron chi connectivity index (χ0n) is 9.38. The minimum atomic E-state index is -0.249. The van der Waals surface area contributed by atoms with E-state index >= 15 is 0 Å². The molecule has 0 bridgehead atoms. The van der Waals surface area contributed by atoms with Crippen LogP contribution in [0.2, 0.25) is 0 Å². The second-order valence-corrected chi connectivity index (χ2v) is 3.97. The first-order valence-corrected chi connectivity index (χ1v) is 5.93. The summed E-state index contributed by atoms with van der Waals surface area (Å²) in [6.45, 7) is 2.58. The van der Waals surface area contributed by atoms with Gasteiger partial charge < -0.3 is 5.32 Å². The van der Waals surface area contributed by atoms with Crippen LogP contribution < -0.4 is 5.32 Å². The Morgan fingerprint density at radius 3 is 2.71 bits per heavy atom. The molecule has 0 aromatic heterocycles. The molecule has 0 fully saturated rings. The molecule has 0 saturated carbocycles. The van der Waals surface area contributed by atoms with Gasteiger partial charge in [-0.05, 0) is 42.9 Å². The summed E-state index contributed by atoms with van der Waals surface area (Å²) in [5, 5.41) is 5.00. The second-order valence-electron chi connectivity index (χ2n) is 3.30. The highest BCUT2D eigenvalue weighted by molar-refractivity contribution is 7.78. The molecule has 0 unspecified atom stereocenters. The smallest absolute Gasteiger partial charge is 0.307 e. The third kappa shape index (κ3) is 4.56. The maximum atomic E-state index is 11.6. The molecule has 1 aromatic rings.